The van der Waals surface area contributed by atoms with Gasteiger partial charge < -0.3 is 18.5 Å². The van der Waals surface area contributed by atoms with E-state index in [1.54, 1.807) is 36.4 Å². The van der Waals surface area contributed by atoms with Crippen molar-refractivity contribution in [1.82, 2.24) is 9.99 Å². The lowest BCUT2D eigenvalue weighted by Gasteiger charge is -2.09. The quantitative estimate of drug-likeness (QED) is 0.207. The number of carbonyl (C=O) groups is 2. The fourth-order valence-corrected chi connectivity index (χ4v) is 2.92. The number of benzene rings is 2. The van der Waals surface area contributed by atoms with Gasteiger partial charge in [-0.1, -0.05) is 0 Å². The zero-order chi connectivity index (χ0) is 22.3. The standard InChI is InChI=1S/C24H19N3O5/c1-30-22-15-17(6-11-20(22)32-24(29)21-5-4-14-31-21)16-25-26-23(28)18-7-9-19(10-8-18)27-12-2-3-13-27/h2-16H,1H3,(H,26,28). The van der Waals surface area contributed by atoms with Gasteiger partial charge in [0.15, 0.2) is 11.5 Å². The molecule has 0 saturated heterocycles. The third-order valence-electron chi connectivity index (χ3n) is 4.52. The van der Waals surface area contributed by atoms with Gasteiger partial charge >= 0.3 is 5.97 Å². The molecule has 0 aliphatic carbocycles. The number of amides is 1. The number of hydrazone groups is 1. The molecule has 0 spiro atoms. The molecule has 2 heterocycles. The van der Waals surface area contributed by atoms with Gasteiger partial charge in [-0.05, 0) is 72.3 Å². The van der Waals surface area contributed by atoms with Gasteiger partial charge in [-0.25, -0.2) is 10.2 Å². The number of nitrogens with one attached hydrogen (secondary N) is 1. The SMILES string of the molecule is COc1cc(C=NNC(=O)c2ccc(-n3cccc3)cc2)ccc1OC(=O)c1ccco1. The number of ether oxygens (including phenoxy) is 2. The molecule has 0 atom stereocenters. The maximum Gasteiger partial charge on any atom is 0.379 e. The van der Waals surface area contributed by atoms with Gasteiger partial charge in [0.2, 0.25) is 5.76 Å². The Bertz CT molecular complexity index is 1230. The lowest BCUT2D eigenvalue weighted by Crippen LogP contribution is -2.17. The fraction of sp³-hybridized carbons (Fsp3) is 0.0417. The van der Waals surface area contributed by atoms with E-state index in [4.69, 9.17) is 13.9 Å². The first-order valence-corrected chi connectivity index (χ1v) is 9.64. The maximum atomic E-state index is 12.3. The molecule has 2 aromatic heterocycles. The molecule has 0 aliphatic rings. The molecule has 32 heavy (non-hydrogen) atoms. The van der Waals surface area contributed by atoms with Crippen molar-refractivity contribution < 1.29 is 23.5 Å². The molecule has 4 aromatic rings. The van der Waals surface area contributed by atoms with Crippen LogP contribution >= 0.6 is 0 Å². The summed E-state index contributed by atoms with van der Waals surface area (Å²) >= 11 is 0. The molecule has 0 saturated carbocycles. The Kier molecular flexibility index (Phi) is 6.12. The van der Waals surface area contributed by atoms with Crippen molar-refractivity contribution in [3.8, 4) is 17.2 Å². The molecule has 0 bridgehead atoms. The summed E-state index contributed by atoms with van der Waals surface area (Å²) in [5.41, 5.74) is 4.57. The van der Waals surface area contributed by atoms with Gasteiger partial charge in [-0.2, -0.15) is 5.10 Å². The minimum absolute atomic E-state index is 0.0850. The van der Waals surface area contributed by atoms with Crippen LogP contribution in [0.25, 0.3) is 5.69 Å². The van der Waals surface area contributed by atoms with E-state index in [0.717, 1.165) is 5.69 Å². The van der Waals surface area contributed by atoms with Crippen LogP contribution in [-0.2, 0) is 0 Å². The molecule has 8 heteroatoms. The van der Waals surface area contributed by atoms with Gasteiger partial charge in [-0.3, -0.25) is 4.79 Å². The molecular weight excluding hydrogens is 410 g/mol. The van der Waals surface area contributed by atoms with E-state index in [0.29, 0.717) is 16.9 Å². The third kappa shape index (κ3) is 4.76. The Balaban J connectivity index is 1.38. The molecule has 4 rings (SSSR count). The number of carbonyl (C=O) groups excluding carboxylic acids is 2. The third-order valence-corrected chi connectivity index (χ3v) is 4.52. The van der Waals surface area contributed by atoms with Crippen molar-refractivity contribution in [3.05, 3.63) is 102 Å². The van der Waals surface area contributed by atoms with E-state index in [9.17, 15) is 9.59 Å². The van der Waals surface area contributed by atoms with Crippen LogP contribution in [-0.4, -0.2) is 29.8 Å². The summed E-state index contributed by atoms with van der Waals surface area (Å²) in [6.45, 7) is 0. The number of aromatic nitrogens is 1. The van der Waals surface area contributed by atoms with Crippen molar-refractivity contribution in [2.75, 3.05) is 7.11 Å². The Morgan fingerprint density at radius 3 is 2.47 bits per heavy atom. The van der Waals surface area contributed by atoms with E-state index in [1.807, 2.05) is 41.2 Å². The number of esters is 1. The predicted octanol–water partition coefficient (Wildman–Crippen LogP) is 4.06. The Morgan fingerprint density at radius 2 is 1.78 bits per heavy atom. The highest BCUT2D eigenvalue weighted by Crippen LogP contribution is 2.28. The van der Waals surface area contributed by atoms with Crippen molar-refractivity contribution in [2.45, 2.75) is 0 Å². The van der Waals surface area contributed by atoms with Crippen LogP contribution in [0.15, 0.2) is 94.9 Å². The largest absolute Gasteiger partial charge is 0.493 e. The van der Waals surface area contributed by atoms with E-state index < -0.39 is 5.97 Å². The number of hydrogen-bond acceptors (Lipinski definition) is 6. The average Bonchev–Trinajstić information content (AvgIpc) is 3.54. The zero-order valence-corrected chi connectivity index (χ0v) is 17.1. The highest BCUT2D eigenvalue weighted by atomic mass is 16.6. The topological polar surface area (TPSA) is 95.1 Å². The molecular formula is C24H19N3O5. The Hall–Kier alpha value is -4.59. The lowest BCUT2D eigenvalue weighted by atomic mass is 10.2. The van der Waals surface area contributed by atoms with Gasteiger partial charge in [0, 0.05) is 23.6 Å². The zero-order valence-electron chi connectivity index (χ0n) is 17.1. The van der Waals surface area contributed by atoms with Crippen molar-refractivity contribution in [1.29, 1.82) is 0 Å². The van der Waals surface area contributed by atoms with Crippen LogP contribution < -0.4 is 14.9 Å². The molecule has 0 radical (unpaired) electrons. The average molecular weight is 429 g/mol. The first-order valence-electron chi connectivity index (χ1n) is 9.64. The number of hydrogen-bond donors (Lipinski definition) is 1. The number of furan rings is 1. The summed E-state index contributed by atoms with van der Waals surface area (Å²) in [6.07, 6.45) is 6.71. The summed E-state index contributed by atoms with van der Waals surface area (Å²) in [5.74, 6) is -0.318. The minimum Gasteiger partial charge on any atom is -0.493 e. The van der Waals surface area contributed by atoms with Gasteiger partial charge in [0.1, 0.15) is 0 Å². The van der Waals surface area contributed by atoms with E-state index in [-0.39, 0.29) is 17.4 Å². The first kappa shape index (κ1) is 20.7. The highest BCUT2D eigenvalue weighted by molar-refractivity contribution is 5.95. The van der Waals surface area contributed by atoms with Crippen LogP contribution in [0.1, 0.15) is 26.5 Å². The van der Waals surface area contributed by atoms with Crippen molar-refractivity contribution in [3.63, 3.8) is 0 Å². The predicted molar refractivity (Wildman–Crippen MR) is 117 cm³/mol. The number of rotatable bonds is 7. The van der Waals surface area contributed by atoms with Gasteiger partial charge in [0.25, 0.3) is 5.91 Å². The fourth-order valence-electron chi connectivity index (χ4n) is 2.92. The monoisotopic (exact) mass is 429 g/mol. The van der Waals surface area contributed by atoms with Gasteiger partial charge in [0.05, 0.1) is 19.6 Å². The van der Waals surface area contributed by atoms with Crippen LogP contribution in [0.4, 0.5) is 0 Å². The normalized spacial score (nSPS) is 10.8. The number of methoxy groups -OCH3 is 1. The molecule has 1 N–H and O–H groups in total. The minimum atomic E-state index is -0.634. The van der Waals surface area contributed by atoms with Crippen LogP contribution in [0.5, 0.6) is 11.5 Å². The lowest BCUT2D eigenvalue weighted by molar-refractivity contribution is 0.0696. The molecule has 2 aromatic carbocycles. The van der Waals surface area contributed by atoms with Crippen LogP contribution in [0.2, 0.25) is 0 Å². The summed E-state index contributed by atoms with van der Waals surface area (Å²) in [5, 5.41) is 3.99. The van der Waals surface area contributed by atoms with E-state index in [1.165, 1.54) is 25.7 Å². The molecule has 0 unspecified atom stereocenters. The second-order valence-corrected chi connectivity index (χ2v) is 6.61. The summed E-state index contributed by atoms with van der Waals surface area (Å²) in [7, 11) is 1.46. The smallest absolute Gasteiger partial charge is 0.379 e. The maximum absolute atomic E-state index is 12.3. The molecule has 0 aliphatic heterocycles. The molecule has 0 fully saturated rings. The Labute approximate surface area is 183 Å². The molecule has 8 nitrogen and oxygen atoms in total. The van der Waals surface area contributed by atoms with Gasteiger partial charge in [-0.15, -0.1) is 0 Å². The highest BCUT2D eigenvalue weighted by Gasteiger charge is 2.15. The van der Waals surface area contributed by atoms with Crippen LogP contribution in [0.3, 0.4) is 0 Å². The Morgan fingerprint density at radius 1 is 1.00 bits per heavy atom. The van der Waals surface area contributed by atoms with Crippen molar-refractivity contribution in [2.24, 2.45) is 5.10 Å². The van der Waals surface area contributed by atoms with Crippen molar-refractivity contribution >= 4 is 18.1 Å². The van der Waals surface area contributed by atoms with E-state index in [2.05, 4.69) is 10.5 Å². The first-order chi connectivity index (χ1) is 15.6. The summed E-state index contributed by atoms with van der Waals surface area (Å²) in [4.78, 5) is 24.4. The second-order valence-electron chi connectivity index (χ2n) is 6.61. The van der Waals surface area contributed by atoms with E-state index >= 15 is 0 Å². The molecule has 160 valence electrons. The molecule has 1 amide bonds. The number of nitrogens with zero attached hydrogens (tertiary/aromatic N) is 2. The summed E-state index contributed by atoms with van der Waals surface area (Å²) in [6, 6.07) is 19.0. The summed E-state index contributed by atoms with van der Waals surface area (Å²) < 4.78 is 17.6. The van der Waals surface area contributed by atoms with Crippen LogP contribution in [0, 0.1) is 0 Å². The second kappa shape index (κ2) is 9.48.